The fourth-order valence-corrected chi connectivity index (χ4v) is 9.85. The molecule has 7 aromatic rings. The van der Waals surface area contributed by atoms with Gasteiger partial charge in [0.05, 0.1) is 11.4 Å². The van der Waals surface area contributed by atoms with Gasteiger partial charge in [-0.3, -0.25) is 0 Å². The van der Waals surface area contributed by atoms with Crippen molar-refractivity contribution in [2.24, 2.45) is 17.8 Å². The first-order chi connectivity index (χ1) is 23.2. The maximum atomic E-state index is 6.27. The molecule has 2 aromatic heterocycles. The van der Waals surface area contributed by atoms with E-state index >= 15 is 0 Å². The van der Waals surface area contributed by atoms with Crippen molar-refractivity contribution in [1.29, 1.82) is 0 Å². The second-order valence-corrected chi connectivity index (χ2v) is 14.3. The molecule has 4 bridgehead atoms. The van der Waals surface area contributed by atoms with Crippen LogP contribution in [-0.2, 0) is 5.41 Å². The van der Waals surface area contributed by atoms with E-state index < -0.39 is 0 Å². The van der Waals surface area contributed by atoms with Crippen LogP contribution in [0.4, 0.5) is 0 Å². The zero-order chi connectivity index (χ0) is 31.0. The largest absolute Gasteiger partial charge is 0.443 e. The van der Waals surface area contributed by atoms with E-state index in [2.05, 4.69) is 91.0 Å². The molecule has 0 aliphatic heterocycles. The predicted octanol–water partition coefficient (Wildman–Crippen LogP) is 10.9. The van der Waals surface area contributed by atoms with E-state index in [1.54, 1.807) is 6.39 Å². The molecule has 4 heteroatoms. The highest BCUT2D eigenvalue weighted by molar-refractivity contribution is 6.08. The lowest BCUT2D eigenvalue weighted by Gasteiger charge is -2.57. The van der Waals surface area contributed by atoms with Crippen LogP contribution in [-0.4, -0.2) is 15.0 Å². The summed E-state index contributed by atoms with van der Waals surface area (Å²) in [5, 5.41) is 2.32. The van der Waals surface area contributed by atoms with Crippen LogP contribution in [0.1, 0.15) is 44.1 Å². The Hall–Kier alpha value is -5.09. The second-order valence-electron chi connectivity index (χ2n) is 14.3. The van der Waals surface area contributed by atoms with Gasteiger partial charge in [-0.25, -0.2) is 15.0 Å². The van der Waals surface area contributed by atoms with Crippen molar-refractivity contribution in [2.75, 3.05) is 0 Å². The maximum absolute atomic E-state index is 6.27. The molecular weight excluding hydrogens is 574 g/mol. The van der Waals surface area contributed by atoms with Crippen molar-refractivity contribution >= 4 is 21.9 Å². The maximum Gasteiger partial charge on any atom is 0.182 e. The molecule has 5 aromatic carbocycles. The van der Waals surface area contributed by atoms with Crippen LogP contribution in [0.3, 0.4) is 0 Å². The summed E-state index contributed by atoms with van der Waals surface area (Å²) in [6.07, 6.45) is 9.90. The number of oxazole rings is 1. The molecule has 4 nitrogen and oxygen atoms in total. The summed E-state index contributed by atoms with van der Waals surface area (Å²) < 4.78 is 6.27. The predicted molar refractivity (Wildman–Crippen MR) is 189 cm³/mol. The van der Waals surface area contributed by atoms with Crippen LogP contribution >= 0.6 is 0 Å². The van der Waals surface area contributed by atoms with E-state index in [0.717, 1.165) is 79.3 Å². The molecule has 4 aliphatic carbocycles. The average Bonchev–Trinajstić information content (AvgIpc) is 3.61. The summed E-state index contributed by atoms with van der Waals surface area (Å²) >= 11 is 0. The Morgan fingerprint density at radius 2 is 1.13 bits per heavy atom. The number of nitrogens with zero attached hydrogens (tertiary/aromatic N) is 3. The van der Waals surface area contributed by atoms with E-state index in [4.69, 9.17) is 19.4 Å². The number of fused-ring (bicyclic) bond motifs is 2. The Morgan fingerprint density at radius 1 is 0.553 bits per heavy atom. The fraction of sp³-hybridized carbons (Fsp3) is 0.233. The smallest absolute Gasteiger partial charge is 0.182 e. The van der Waals surface area contributed by atoms with Crippen molar-refractivity contribution < 1.29 is 4.42 Å². The van der Waals surface area contributed by atoms with Crippen LogP contribution in [0.15, 0.2) is 126 Å². The molecule has 228 valence electrons. The zero-order valence-corrected chi connectivity index (χ0v) is 26.3. The van der Waals surface area contributed by atoms with Crippen molar-refractivity contribution in [2.45, 2.75) is 43.9 Å². The first-order valence-electron chi connectivity index (χ1n) is 17.1. The van der Waals surface area contributed by atoms with Gasteiger partial charge in [0.25, 0.3) is 0 Å². The van der Waals surface area contributed by atoms with E-state index in [-0.39, 0.29) is 5.41 Å². The van der Waals surface area contributed by atoms with Gasteiger partial charge in [0.1, 0.15) is 5.52 Å². The Labute approximate surface area is 274 Å². The van der Waals surface area contributed by atoms with Crippen LogP contribution in [0.5, 0.6) is 0 Å². The molecule has 0 unspecified atom stereocenters. The van der Waals surface area contributed by atoms with Crippen LogP contribution in [0.25, 0.3) is 66.9 Å². The number of hydrogen-bond acceptors (Lipinski definition) is 4. The van der Waals surface area contributed by atoms with Gasteiger partial charge in [0, 0.05) is 22.3 Å². The normalized spacial score (nSPS) is 23.1. The van der Waals surface area contributed by atoms with Crippen molar-refractivity contribution in [3.05, 3.63) is 127 Å². The lowest BCUT2D eigenvalue weighted by molar-refractivity contribution is -0.00457. The third-order valence-corrected chi connectivity index (χ3v) is 11.4. The molecule has 4 fully saturated rings. The van der Waals surface area contributed by atoms with Crippen LogP contribution < -0.4 is 0 Å². The van der Waals surface area contributed by atoms with Gasteiger partial charge >= 0.3 is 0 Å². The van der Waals surface area contributed by atoms with Crippen LogP contribution in [0, 0.1) is 17.8 Å². The Morgan fingerprint density at radius 3 is 1.83 bits per heavy atom. The lowest BCUT2D eigenvalue weighted by atomic mass is 9.48. The molecule has 4 aliphatic rings. The summed E-state index contributed by atoms with van der Waals surface area (Å²) in [7, 11) is 0. The molecule has 0 N–H and O–H groups in total. The van der Waals surface area contributed by atoms with E-state index in [0.29, 0.717) is 0 Å². The molecular formula is C43H35N3O. The van der Waals surface area contributed by atoms with Gasteiger partial charge in [-0.1, -0.05) is 109 Å². The summed E-state index contributed by atoms with van der Waals surface area (Å²) in [6, 6.07) is 40.6. The van der Waals surface area contributed by atoms with Gasteiger partial charge in [0.15, 0.2) is 17.8 Å². The van der Waals surface area contributed by atoms with Crippen molar-refractivity contribution in [3.63, 3.8) is 0 Å². The third-order valence-electron chi connectivity index (χ3n) is 11.4. The van der Waals surface area contributed by atoms with E-state index in [9.17, 15) is 0 Å². The fourth-order valence-electron chi connectivity index (χ4n) is 9.85. The number of rotatable bonds is 5. The average molecular weight is 610 g/mol. The van der Waals surface area contributed by atoms with E-state index in [1.807, 2.05) is 24.3 Å². The van der Waals surface area contributed by atoms with Gasteiger partial charge < -0.3 is 4.42 Å². The Kier molecular flexibility index (Phi) is 6.03. The highest BCUT2D eigenvalue weighted by Gasteiger charge is 2.52. The minimum Gasteiger partial charge on any atom is -0.443 e. The molecule has 2 heterocycles. The topological polar surface area (TPSA) is 51.8 Å². The lowest BCUT2D eigenvalue weighted by Crippen LogP contribution is -2.48. The molecule has 0 saturated heterocycles. The van der Waals surface area contributed by atoms with Crippen LogP contribution in [0.2, 0.25) is 0 Å². The Bertz CT molecular complexity index is 2190. The third kappa shape index (κ3) is 4.38. The highest BCUT2D eigenvalue weighted by atomic mass is 16.3. The number of hydrogen-bond donors (Lipinski definition) is 0. The highest BCUT2D eigenvalue weighted by Crippen LogP contribution is 2.61. The number of benzene rings is 5. The Balaban J connectivity index is 1.13. The minimum atomic E-state index is 0.258. The first-order valence-corrected chi connectivity index (χ1v) is 17.1. The van der Waals surface area contributed by atoms with Crippen molar-refractivity contribution in [1.82, 2.24) is 15.0 Å². The minimum absolute atomic E-state index is 0.258. The zero-order valence-electron chi connectivity index (χ0n) is 26.3. The molecule has 0 radical (unpaired) electrons. The second kappa shape index (κ2) is 10.5. The summed E-state index contributed by atoms with van der Waals surface area (Å²) in [5.41, 5.74) is 10.9. The summed E-state index contributed by atoms with van der Waals surface area (Å²) in [5.74, 6) is 3.36. The molecule has 0 spiro atoms. The van der Waals surface area contributed by atoms with Gasteiger partial charge in [-0.2, -0.15) is 0 Å². The molecule has 0 amide bonds. The quantitative estimate of drug-likeness (QED) is 0.195. The van der Waals surface area contributed by atoms with E-state index in [1.165, 1.54) is 49.5 Å². The SMILES string of the molecule is c1ccc(-c2cc(-c3ccc(-c4ccc(C56CC7CC(CC(C7)C5)C6)c5ncoc45)c4ccccc34)nc(-c3ccccc3)n2)cc1. The monoisotopic (exact) mass is 609 g/mol. The number of aromatic nitrogens is 3. The molecule has 0 atom stereocenters. The molecule has 11 rings (SSSR count). The van der Waals surface area contributed by atoms with Crippen molar-refractivity contribution in [3.8, 4) is 45.0 Å². The van der Waals surface area contributed by atoms with Gasteiger partial charge in [-0.05, 0) is 89.7 Å². The summed E-state index contributed by atoms with van der Waals surface area (Å²) in [4.78, 5) is 15.1. The summed E-state index contributed by atoms with van der Waals surface area (Å²) in [6.45, 7) is 0. The molecule has 47 heavy (non-hydrogen) atoms. The van der Waals surface area contributed by atoms with Gasteiger partial charge in [-0.15, -0.1) is 0 Å². The first kappa shape index (κ1) is 27.1. The standard InChI is InChI=1S/C43H35N3O/c1-3-9-30(10-4-1)38-22-39(46-42(45-38)31-11-5-2-6-12-31)35-16-15-34(32-13-7-8-14-33(32)35)36-17-18-37(40-41(36)47-26-44-40)43-23-27-19-28(24-43)21-29(20-27)25-43/h1-18,22,26-29H,19-21,23-25H2. The molecule has 4 saturated carbocycles. The van der Waals surface area contributed by atoms with Gasteiger partial charge in [0.2, 0.25) is 0 Å².